The highest BCUT2D eigenvalue weighted by Gasteiger charge is 2.18. The third kappa shape index (κ3) is 3.72. The van der Waals surface area contributed by atoms with Gasteiger partial charge in [-0.15, -0.1) is 0 Å². The first-order valence-corrected chi connectivity index (χ1v) is 6.68. The van der Waals surface area contributed by atoms with E-state index in [2.05, 4.69) is 10.4 Å². The number of nitrogens with zero attached hydrogens (tertiary/aromatic N) is 3. The molecule has 7 nitrogen and oxygen atoms in total. The fraction of sp³-hybridized carbons (Fsp3) is 0.615. The minimum absolute atomic E-state index is 0.0674. The predicted octanol–water partition coefficient (Wildman–Crippen LogP) is 0.0667. The largest absolute Gasteiger partial charge is 0.396 e. The Morgan fingerprint density at radius 3 is 2.50 bits per heavy atom. The first-order valence-electron chi connectivity index (χ1n) is 6.68. The van der Waals surface area contributed by atoms with E-state index < -0.39 is 0 Å². The maximum Gasteiger partial charge on any atom is 0.244 e. The van der Waals surface area contributed by atoms with Gasteiger partial charge < -0.3 is 16.0 Å². The number of amides is 2. The van der Waals surface area contributed by atoms with Gasteiger partial charge in [-0.25, -0.2) is 0 Å². The molecule has 2 amide bonds. The Morgan fingerprint density at radius 1 is 1.40 bits per heavy atom. The van der Waals surface area contributed by atoms with Crippen molar-refractivity contribution in [3.63, 3.8) is 0 Å². The molecule has 1 heterocycles. The zero-order chi connectivity index (χ0) is 15.3. The van der Waals surface area contributed by atoms with Crippen LogP contribution in [0.3, 0.4) is 0 Å². The molecule has 1 rings (SSSR count). The summed E-state index contributed by atoms with van der Waals surface area (Å²) in [7, 11) is 1.55. The van der Waals surface area contributed by atoms with E-state index in [1.807, 2.05) is 13.8 Å². The number of aryl methyl sites for hydroxylation is 1. The second-order valence-electron chi connectivity index (χ2n) is 4.73. The molecule has 0 saturated carbocycles. The number of nitrogens with two attached hydrogens (primary N) is 1. The summed E-state index contributed by atoms with van der Waals surface area (Å²) in [5.74, 6) is -0.319. The molecule has 1 aromatic rings. The summed E-state index contributed by atoms with van der Waals surface area (Å²) >= 11 is 0. The first-order chi connectivity index (χ1) is 9.40. The van der Waals surface area contributed by atoms with E-state index in [1.54, 1.807) is 18.7 Å². The molecule has 1 aromatic heterocycles. The van der Waals surface area contributed by atoms with Crippen molar-refractivity contribution in [1.82, 2.24) is 20.0 Å². The summed E-state index contributed by atoms with van der Waals surface area (Å²) in [5.41, 5.74) is 7.93. The van der Waals surface area contributed by atoms with Gasteiger partial charge in [0.15, 0.2) is 0 Å². The van der Waals surface area contributed by atoms with Gasteiger partial charge in [-0.1, -0.05) is 6.92 Å². The van der Waals surface area contributed by atoms with E-state index in [0.717, 1.165) is 12.1 Å². The van der Waals surface area contributed by atoms with Crippen LogP contribution in [0.4, 0.5) is 5.69 Å². The van der Waals surface area contributed by atoms with Gasteiger partial charge in [0, 0.05) is 13.6 Å². The SMILES string of the molecule is CCCN(CC(=O)NC)C(=O)Cn1nc(C)c(N)c1C. The number of carbonyl (C=O) groups excluding carboxylic acids is 2. The number of carbonyl (C=O) groups is 2. The Bertz CT molecular complexity index is 495. The molecule has 0 aliphatic carbocycles. The molecule has 0 fully saturated rings. The van der Waals surface area contributed by atoms with Crippen LogP contribution >= 0.6 is 0 Å². The maximum atomic E-state index is 12.3. The van der Waals surface area contributed by atoms with Crippen LogP contribution in [0.5, 0.6) is 0 Å². The van der Waals surface area contributed by atoms with Crippen molar-refractivity contribution in [1.29, 1.82) is 0 Å². The topological polar surface area (TPSA) is 93.2 Å². The van der Waals surface area contributed by atoms with Crippen LogP contribution in [0.1, 0.15) is 24.7 Å². The van der Waals surface area contributed by atoms with Crippen LogP contribution in [0.25, 0.3) is 0 Å². The van der Waals surface area contributed by atoms with Crippen molar-refractivity contribution < 1.29 is 9.59 Å². The first kappa shape index (κ1) is 16.0. The van der Waals surface area contributed by atoms with Crippen molar-refractivity contribution in [3.05, 3.63) is 11.4 Å². The standard InChI is InChI=1S/C13H23N5O2/c1-5-6-17(7-11(19)15-4)12(20)8-18-10(3)13(14)9(2)16-18/h5-8,14H2,1-4H3,(H,15,19). The molecular weight excluding hydrogens is 258 g/mol. The molecule has 3 N–H and O–H groups in total. The van der Waals surface area contributed by atoms with Gasteiger partial charge in [-0.05, 0) is 20.3 Å². The van der Waals surface area contributed by atoms with Crippen molar-refractivity contribution in [2.75, 3.05) is 25.9 Å². The van der Waals surface area contributed by atoms with Gasteiger partial charge in [0.1, 0.15) is 6.54 Å². The molecule has 0 aromatic carbocycles. The van der Waals surface area contributed by atoms with Crippen molar-refractivity contribution in [2.24, 2.45) is 0 Å². The molecule has 0 aliphatic heterocycles. The Morgan fingerprint density at radius 2 is 2.05 bits per heavy atom. The van der Waals surface area contributed by atoms with E-state index in [4.69, 9.17) is 5.73 Å². The van der Waals surface area contributed by atoms with Gasteiger partial charge in [0.05, 0.1) is 23.6 Å². The lowest BCUT2D eigenvalue weighted by atomic mass is 10.3. The lowest BCUT2D eigenvalue weighted by molar-refractivity contribution is -0.136. The van der Waals surface area contributed by atoms with Crippen LogP contribution in [0, 0.1) is 13.8 Å². The summed E-state index contributed by atoms with van der Waals surface area (Å²) in [6, 6.07) is 0. The lowest BCUT2D eigenvalue weighted by Gasteiger charge is -2.21. The van der Waals surface area contributed by atoms with Crippen LogP contribution < -0.4 is 11.1 Å². The lowest BCUT2D eigenvalue weighted by Crippen LogP contribution is -2.41. The Hall–Kier alpha value is -2.05. The number of rotatable bonds is 6. The number of anilines is 1. The Labute approximate surface area is 119 Å². The predicted molar refractivity (Wildman–Crippen MR) is 77.1 cm³/mol. The Balaban J connectivity index is 2.79. The monoisotopic (exact) mass is 281 g/mol. The number of aromatic nitrogens is 2. The second-order valence-corrected chi connectivity index (χ2v) is 4.73. The second kappa shape index (κ2) is 6.93. The molecule has 112 valence electrons. The number of nitrogen functional groups attached to an aromatic ring is 1. The zero-order valence-electron chi connectivity index (χ0n) is 12.6. The highest BCUT2D eigenvalue weighted by molar-refractivity contribution is 5.84. The minimum Gasteiger partial charge on any atom is -0.396 e. The average Bonchev–Trinajstić information content (AvgIpc) is 2.65. The van der Waals surface area contributed by atoms with Crippen LogP contribution in [0.15, 0.2) is 0 Å². The fourth-order valence-electron chi connectivity index (χ4n) is 1.91. The molecule has 0 bridgehead atoms. The van der Waals surface area contributed by atoms with E-state index in [9.17, 15) is 9.59 Å². The molecule has 0 unspecified atom stereocenters. The molecular formula is C13H23N5O2. The van der Waals surface area contributed by atoms with Gasteiger partial charge >= 0.3 is 0 Å². The smallest absolute Gasteiger partial charge is 0.244 e. The minimum atomic E-state index is -0.181. The number of nitrogens with one attached hydrogen (secondary N) is 1. The van der Waals surface area contributed by atoms with Crippen LogP contribution in [0.2, 0.25) is 0 Å². The van der Waals surface area contributed by atoms with Crippen molar-refractivity contribution in [2.45, 2.75) is 33.7 Å². The number of likely N-dealkylation sites (N-methyl/N-ethyl adjacent to an activating group) is 1. The third-order valence-corrected chi connectivity index (χ3v) is 3.18. The highest BCUT2D eigenvalue weighted by atomic mass is 16.2. The molecule has 0 aliphatic rings. The summed E-state index contributed by atoms with van der Waals surface area (Å²) in [6.45, 7) is 6.30. The van der Waals surface area contributed by atoms with Gasteiger partial charge in [-0.2, -0.15) is 5.10 Å². The average molecular weight is 281 g/mol. The van der Waals surface area contributed by atoms with Crippen LogP contribution in [-0.2, 0) is 16.1 Å². The number of hydrogen-bond donors (Lipinski definition) is 2. The summed E-state index contributed by atoms with van der Waals surface area (Å²) in [5, 5.41) is 6.76. The third-order valence-electron chi connectivity index (χ3n) is 3.18. The number of hydrogen-bond acceptors (Lipinski definition) is 4. The Kier molecular flexibility index (Phi) is 5.54. The molecule has 20 heavy (non-hydrogen) atoms. The molecule has 0 radical (unpaired) electrons. The summed E-state index contributed by atoms with van der Waals surface area (Å²) in [4.78, 5) is 25.2. The van der Waals surface area contributed by atoms with Gasteiger partial charge in [0.25, 0.3) is 0 Å². The summed E-state index contributed by atoms with van der Waals surface area (Å²) in [6.07, 6.45) is 0.794. The summed E-state index contributed by atoms with van der Waals surface area (Å²) < 4.78 is 1.58. The maximum absolute atomic E-state index is 12.3. The van der Waals surface area contributed by atoms with Crippen molar-refractivity contribution >= 4 is 17.5 Å². The van der Waals surface area contributed by atoms with E-state index in [-0.39, 0.29) is 24.9 Å². The normalized spacial score (nSPS) is 10.4. The molecule has 0 saturated heterocycles. The quantitative estimate of drug-likeness (QED) is 0.771. The molecule has 7 heteroatoms. The highest BCUT2D eigenvalue weighted by Crippen LogP contribution is 2.14. The van der Waals surface area contributed by atoms with Gasteiger partial charge in [0.2, 0.25) is 11.8 Å². The van der Waals surface area contributed by atoms with E-state index in [0.29, 0.717) is 17.9 Å². The van der Waals surface area contributed by atoms with E-state index in [1.165, 1.54) is 4.90 Å². The zero-order valence-corrected chi connectivity index (χ0v) is 12.6. The van der Waals surface area contributed by atoms with E-state index >= 15 is 0 Å². The van der Waals surface area contributed by atoms with Crippen molar-refractivity contribution in [3.8, 4) is 0 Å². The van der Waals surface area contributed by atoms with Gasteiger partial charge in [-0.3, -0.25) is 14.3 Å². The van der Waals surface area contributed by atoms with Crippen LogP contribution in [-0.4, -0.2) is 46.6 Å². The molecule has 0 atom stereocenters. The fourth-order valence-corrected chi connectivity index (χ4v) is 1.91. The molecule has 0 spiro atoms.